The van der Waals surface area contributed by atoms with Gasteiger partial charge in [0.2, 0.25) is 5.92 Å². The van der Waals surface area contributed by atoms with Gasteiger partial charge in [-0.15, -0.1) is 0 Å². The second-order valence-corrected chi connectivity index (χ2v) is 10.9. The van der Waals surface area contributed by atoms with Crippen molar-refractivity contribution in [3.05, 3.63) is 41.2 Å². The molecule has 0 spiro atoms. The van der Waals surface area contributed by atoms with E-state index < -0.39 is 33.9 Å². The number of hydrogen-bond donors (Lipinski definition) is 0. The molecule has 1 aliphatic heterocycles. The summed E-state index contributed by atoms with van der Waals surface area (Å²) in [5.74, 6) is -3.91. The monoisotopic (exact) mass is 507 g/mol. The van der Waals surface area contributed by atoms with Gasteiger partial charge in [0, 0.05) is 43.9 Å². The Labute approximate surface area is 192 Å². The zero-order chi connectivity index (χ0) is 25.1. The highest BCUT2D eigenvalue weighted by Gasteiger charge is 2.45. The molecule has 186 valence electrons. The van der Waals surface area contributed by atoms with Crippen molar-refractivity contribution in [1.82, 2.24) is 14.7 Å². The van der Waals surface area contributed by atoms with Crippen LogP contribution in [0.2, 0.25) is 0 Å². The summed E-state index contributed by atoms with van der Waals surface area (Å²) in [5, 5.41) is 4.35. The number of benzene rings is 1. The van der Waals surface area contributed by atoms with E-state index in [9.17, 15) is 35.2 Å². The van der Waals surface area contributed by atoms with Gasteiger partial charge in [-0.3, -0.25) is 9.48 Å². The number of fused-ring (bicyclic) bond motifs is 1. The Morgan fingerprint density at radius 2 is 1.94 bits per heavy atom. The lowest BCUT2D eigenvalue weighted by molar-refractivity contribution is -0.189. The van der Waals surface area contributed by atoms with E-state index in [0.717, 1.165) is 31.4 Å². The molecule has 1 saturated carbocycles. The second kappa shape index (κ2) is 8.21. The summed E-state index contributed by atoms with van der Waals surface area (Å²) >= 11 is 0. The van der Waals surface area contributed by atoms with E-state index in [1.54, 1.807) is 10.9 Å². The van der Waals surface area contributed by atoms with Crippen LogP contribution in [0.25, 0.3) is 0 Å². The zero-order valence-corrected chi connectivity index (χ0v) is 19.1. The van der Waals surface area contributed by atoms with Crippen LogP contribution in [-0.2, 0) is 29.5 Å². The first kappa shape index (κ1) is 24.4. The third kappa shape index (κ3) is 5.03. The van der Waals surface area contributed by atoms with Gasteiger partial charge < -0.3 is 9.64 Å². The molecule has 13 heteroatoms. The lowest BCUT2D eigenvalue weighted by atomic mass is 9.81. The van der Waals surface area contributed by atoms with Crippen LogP contribution in [0.4, 0.5) is 22.0 Å². The van der Waals surface area contributed by atoms with Crippen LogP contribution >= 0.6 is 0 Å². The summed E-state index contributed by atoms with van der Waals surface area (Å²) in [6.07, 6.45) is -4.72. The molecule has 1 aromatic carbocycles. The highest BCUT2D eigenvalue weighted by Crippen LogP contribution is 2.43. The number of alkyl halides is 5. The Bertz CT molecular complexity index is 1190. The number of nitrogens with zero attached hydrogens (tertiary/aromatic N) is 3. The van der Waals surface area contributed by atoms with Crippen LogP contribution in [0.1, 0.15) is 41.4 Å². The molecule has 0 N–H and O–H groups in total. The lowest BCUT2D eigenvalue weighted by Crippen LogP contribution is -2.37. The van der Waals surface area contributed by atoms with E-state index in [2.05, 4.69) is 5.10 Å². The first-order chi connectivity index (χ1) is 15.6. The first-order valence-corrected chi connectivity index (χ1v) is 12.3. The number of hydrogen-bond acceptors (Lipinski definition) is 5. The summed E-state index contributed by atoms with van der Waals surface area (Å²) in [7, 11) is -3.74. The molecule has 0 saturated heterocycles. The Hall–Kier alpha value is -2.70. The average Bonchev–Trinajstić information content (AvgIpc) is 3.23. The van der Waals surface area contributed by atoms with Crippen molar-refractivity contribution in [1.29, 1.82) is 0 Å². The van der Waals surface area contributed by atoms with Gasteiger partial charge in [-0.1, -0.05) is 0 Å². The molecule has 2 aliphatic rings. The molecule has 7 nitrogen and oxygen atoms in total. The van der Waals surface area contributed by atoms with Crippen molar-refractivity contribution >= 4 is 15.7 Å². The van der Waals surface area contributed by atoms with Gasteiger partial charge >= 0.3 is 6.18 Å². The van der Waals surface area contributed by atoms with Crippen molar-refractivity contribution in [3.8, 4) is 5.75 Å². The van der Waals surface area contributed by atoms with Crippen molar-refractivity contribution in [3.63, 3.8) is 0 Å². The topological polar surface area (TPSA) is 81.5 Å². The van der Waals surface area contributed by atoms with Crippen LogP contribution in [0, 0.1) is 5.92 Å². The molecule has 1 fully saturated rings. The molecule has 34 heavy (non-hydrogen) atoms. The molecule has 0 radical (unpaired) electrons. The molecule has 2 aromatic rings. The molecular formula is C21H22F5N3O4S. The van der Waals surface area contributed by atoms with E-state index >= 15 is 0 Å². The summed E-state index contributed by atoms with van der Waals surface area (Å²) < 4.78 is 95.5. The number of amides is 1. The minimum atomic E-state index is -4.69. The fraction of sp³-hybridized carbons (Fsp3) is 0.524. The molecular weight excluding hydrogens is 485 g/mol. The Morgan fingerprint density at radius 1 is 1.26 bits per heavy atom. The zero-order valence-electron chi connectivity index (χ0n) is 18.3. The van der Waals surface area contributed by atoms with E-state index in [0.29, 0.717) is 17.8 Å². The third-order valence-electron chi connectivity index (χ3n) is 5.91. The van der Waals surface area contributed by atoms with Gasteiger partial charge in [-0.2, -0.15) is 18.3 Å². The number of sulfone groups is 1. The molecule has 1 amide bonds. The molecule has 0 bridgehead atoms. The van der Waals surface area contributed by atoms with E-state index in [-0.39, 0.29) is 48.1 Å². The van der Waals surface area contributed by atoms with Gasteiger partial charge in [0.15, 0.2) is 15.9 Å². The normalized spacial score (nSPS) is 19.0. The summed E-state index contributed by atoms with van der Waals surface area (Å²) in [5.41, 5.74) is 0.920. The van der Waals surface area contributed by atoms with Crippen molar-refractivity contribution in [2.24, 2.45) is 5.92 Å². The lowest BCUT2D eigenvalue weighted by Gasteiger charge is -2.34. The molecule has 1 aliphatic carbocycles. The number of rotatable bonds is 6. The maximum atomic E-state index is 13.2. The smallest absolute Gasteiger partial charge is 0.425 e. The van der Waals surface area contributed by atoms with Crippen LogP contribution in [-0.4, -0.2) is 53.5 Å². The van der Waals surface area contributed by atoms with Gasteiger partial charge in [0.25, 0.3) is 5.91 Å². The average molecular weight is 507 g/mol. The maximum absolute atomic E-state index is 13.2. The molecule has 1 aromatic heterocycles. The minimum absolute atomic E-state index is 0.0410. The fourth-order valence-corrected chi connectivity index (χ4v) is 4.71. The quantitative estimate of drug-likeness (QED) is 0.556. The maximum Gasteiger partial charge on any atom is 0.425 e. The van der Waals surface area contributed by atoms with Crippen LogP contribution in [0.5, 0.6) is 5.75 Å². The molecule has 1 unspecified atom stereocenters. The number of carbonyl (C=O) groups excluding carboxylic acids is 1. The predicted octanol–water partition coefficient (Wildman–Crippen LogP) is 3.82. The third-order valence-corrected chi connectivity index (χ3v) is 7.02. The van der Waals surface area contributed by atoms with Crippen LogP contribution in [0.15, 0.2) is 29.3 Å². The van der Waals surface area contributed by atoms with Gasteiger partial charge in [0.05, 0.1) is 22.7 Å². The fourth-order valence-electron chi connectivity index (χ4n) is 4.06. The molecule has 1 atom stereocenters. The summed E-state index contributed by atoms with van der Waals surface area (Å²) in [4.78, 5) is 14.3. The number of aromatic nitrogens is 2. The van der Waals surface area contributed by atoms with E-state index in [1.165, 1.54) is 4.90 Å². The molecule has 2 heterocycles. The minimum Gasteiger partial charge on any atom is -0.480 e. The number of carbonyl (C=O) groups is 1. The van der Waals surface area contributed by atoms with Gasteiger partial charge in [-0.05, 0) is 31.0 Å². The van der Waals surface area contributed by atoms with Gasteiger partial charge in [-0.25, -0.2) is 17.2 Å². The van der Waals surface area contributed by atoms with E-state index in [4.69, 9.17) is 4.74 Å². The summed E-state index contributed by atoms with van der Waals surface area (Å²) in [6, 6.07) is 3.12. The summed E-state index contributed by atoms with van der Waals surface area (Å²) in [6.45, 7) is 1.25. The highest BCUT2D eigenvalue weighted by atomic mass is 32.2. The van der Waals surface area contributed by atoms with Crippen molar-refractivity contribution in [2.75, 3.05) is 6.26 Å². The largest absolute Gasteiger partial charge is 0.480 e. The second-order valence-electron chi connectivity index (χ2n) is 8.85. The van der Waals surface area contributed by atoms with Crippen LogP contribution < -0.4 is 4.74 Å². The Balaban J connectivity index is 1.53. The number of halogens is 5. The SMILES string of the molecule is CC(Oc1ccc(S(C)(=O)=O)cc1C(=O)N1Cc2cn(CC3CC(F)(F)C3)nc2C1)C(F)(F)F. The Kier molecular flexibility index (Phi) is 5.90. The van der Waals surface area contributed by atoms with Crippen molar-refractivity contribution < 1.29 is 39.9 Å². The molecule has 4 rings (SSSR count). The Morgan fingerprint density at radius 3 is 2.50 bits per heavy atom. The van der Waals surface area contributed by atoms with E-state index in [1.807, 2.05) is 0 Å². The number of ether oxygens (including phenoxy) is 1. The van der Waals surface area contributed by atoms with Crippen LogP contribution in [0.3, 0.4) is 0 Å². The highest BCUT2D eigenvalue weighted by molar-refractivity contribution is 7.90. The standard InChI is InChI=1S/C21H22F5N3O4S/c1-12(21(24,25)26)33-18-4-3-15(34(2,31)32)5-16(18)19(30)28-9-14-10-29(27-17(14)11-28)8-13-6-20(22,23)7-13/h3-5,10,12-13H,6-9,11H2,1-2H3. The van der Waals surface area contributed by atoms with Gasteiger partial charge in [0.1, 0.15) is 5.75 Å². The predicted molar refractivity (Wildman–Crippen MR) is 109 cm³/mol. The van der Waals surface area contributed by atoms with Crippen molar-refractivity contribution in [2.45, 2.75) is 62.5 Å². The first-order valence-electron chi connectivity index (χ1n) is 10.4.